The third-order valence-electron chi connectivity index (χ3n) is 2.92. The van der Waals surface area contributed by atoms with E-state index in [1.165, 1.54) is 0 Å². The largest absolute Gasteiger partial charge is 0.389 e. The van der Waals surface area contributed by atoms with Crippen molar-refractivity contribution >= 4 is 11.5 Å². The number of benzene rings is 2. The van der Waals surface area contributed by atoms with Crippen LogP contribution in [-0.4, -0.2) is 17.4 Å². The normalized spacial score (nSPS) is 11.9. The van der Waals surface area contributed by atoms with E-state index in [2.05, 4.69) is 5.32 Å². The van der Waals surface area contributed by atoms with E-state index in [9.17, 15) is 9.90 Å². The van der Waals surface area contributed by atoms with Crippen LogP contribution in [0.15, 0.2) is 54.6 Å². The lowest BCUT2D eigenvalue weighted by Gasteiger charge is -2.09. The van der Waals surface area contributed by atoms with Gasteiger partial charge in [0, 0.05) is 11.3 Å². The van der Waals surface area contributed by atoms with Gasteiger partial charge in [0.1, 0.15) is 0 Å². The number of anilines is 1. The van der Waals surface area contributed by atoms with Gasteiger partial charge in [-0.1, -0.05) is 42.5 Å². The van der Waals surface area contributed by atoms with Gasteiger partial charge in [-0.05, 0) is 24.6 Å². The van der Waals surface area contributed by atoms with Gasteiger partial charge in [0.25, 0.3) is 0 Å². The molecule has 2 N–H and O–H groups in total. The van der Waals surface area contributed by atoms with E-state index in [0.29, 0.717) is 5.56 Å². The van der Waals surface area contributed by atoms with Crippen molar-refractivity contribution in [1.82, 2.24) is 0 Å². The predicted octanol–water partition coefficient (Wildman–Crippen LogP) is 3.03. The van der Waals surface area contributed by atoms with Crippen molar-refractivity contribution in [2.24, 2.45) is 0 Å². The number of nitrogens with one attached hydrogen (secondary N) is 1. The van der Waals surface area contributed by atoms with Gasteiger partial charge in [0.05, 0.1) is 12.6 Å². The monoisotopic (exact) mass is 255 g/mol. The van der Waals surface area contributed by atoms with Crippen molar-refractivity contribution in [2.75, 3.05) is 11.9 Å². The molecule has 1 atom stereocenters. The molecule has 0 unspecified atom stereocenters. The van der Waals surface area contributed by atoms with Crippen LogP contribution < -0.4 is 5.32 Å². The van der Waals surface area contributed by atoms with Crippen molar-refractivity contribution in [2.45, 2.75) is 13.0 Å². The van der Waals surface area contributed by atoms with E-state index >= 15 is 0 Å². The first kappa shape index (κ1) is 13.3. The number of ketones is 1. The fraction of sp³-hybridized carbons (Fsp3) is 0.188. The van der Waals surface area contributed by atoms with Gasteiger partial charge in [0.2, 0.25) is 0 Å². The zero-order valence-electron chi connectivity index (χ0n) is 10.8. The minimum absolute atomic E-state index is 0.0445. The Bertz CT molecular complexity index is 550. The Morgan fingerprint density at radius 1 is 1.16 bits per heavy atom. The molecule has 0 aliphatic rings. The Balaban J connectivity index is 1.99. The van der Waals surface area contributed by atoms with Crippen LogP contribution in [0, 0.1) is 0 Å². The van der Waals surface area contributed by atoms with Gasteiger partial charge in [0.15, 0.2) is 5.78 Å². The Labute approximate surface area is 112 Å². The van der Waals surface area contributed by atoms with Crippen molar-refractivity contribution in [3.05, 3.63) is 65.7 Å². The summed E-state index contributed by atoms with van der Waals surface area (Å²) in [6.07, 6.45) is -0.508. The quantitative estimate of drug-likeness (QED) is 0.807. The van der Waals surface area contributed by atoms with Crippen LogP contribution in [0.1, 0.15) is 28.9 Å². The maximum Gasteiger partial charge on any atom is 0.181 e. The van der Waals surface area contributed by atoms with Crippen molar-refractivity contribution in [3.63, 3.8) is 0 Å². The average molecular weight is 255 g/mol. The molecule has 0 saturated carbocycles. The molecule has 0 radical (unpaired) electrons. The Morgan fingerprint density at radius 2 is 1.89 bits per heavy atom. The Morgan fingerprint density at radius 3 is 2.58 bits per heavy atom. The highest BCUT2D eigenvalue weighted by Gasteiger charge is 2.05. The third kappa shape index (κ3) is 3.66. The first-order valence-electron chi connectivity index (χ1n) is 6.27. The molecule has 2 aromatic rings. The number of hydrogen-bond acceptors (Lipinski definition) is 3. The van der Waals surface area contributed by atoms with Crippen molar-refractivity contribution < 1.29 is 9.90 Å². The standard InChI is InChI=1S/C16H17NO2/c1-12(18)14-8-5-9-15(10-14)17-11-16(19)13-6-3-2-4-7-13/h2-10,12,17-18H,11H2,1H3/t12-/m1/s1. The van der Waals surface area contributed by atoms with Crippen molar-refractivity contribution in [3.8, 4) is 0 Å². The Kier molecular flexibility index (Phi) is 4.31. The van der Waals surface area contributed by atoms with Gasteiger partial charge in [-0.25, -0.2) is 0 Å². The number of hydrogen-bond donors (Lipinski definition) is 2. The summed E-state index contributed by atoms with van der Waals surface area (Å²) in [7, 11) is 0. The molecule has 3 nitrogen and oxygen atoms in total. The fourth-order valence-corrected chi connectivity index (χ4v) is 1.82. The molecule has 0 fully saturated rings. The van der Waals surface area contributed by atoms with E-state index in [0.717, 1.165) is 11.3 Å². The molecule has 0 saturated heterocycles. The molecule has 0 aliphatic carbocycles. The lowest BCUT2D eigenvalue weighted by Crippen LogP contribution is -2.14. The second-order valence-corrected chi connectivity index (χ2v) is 4.44. The van der Waals surface area contributed by atoms with E-state index in [1.807, 2.05) is 42.5 Å². The lowest BCUT2D eigenvalue weighted by molar-refractivity contribution is 0.101. The highest BCUT2D eigenvalue weighted by atomic mass is 16.3. The summed E-state index contributed by atoms with van der Waals surface area (Å²) in [5, 5.41) is 12.6. The number of carbonyl (C=O) groups is 1. The summed E-state index contributed by atoms with van der Waals surface area (Å²) in [6.45, 7) is 1.96. The van der Waals surface area contributed by atoms with Crippen LogP contribution in [-0.2, 0) is 0 Å². The van der Waals surface area contributed by atoms with Crippen molar-refractivity contribution in [1.29, 1.82) is 0 Å². The minimum Gasteiger partial charge on any atom is -0.389 e. The van der Waals surface area contributed by atoms with Crippen LogP contribution in [0.3, 0.4) is 0 Å². The highest BCUT2D eigenvalue weighted by Crippen LogP contribution is 2.16. The molecule has 0 spiro atoms. The number of aliphatic hydroxyl groups is 1. The molecule has 0 bridgehead atoms. The third-order valence-corrected chi connectivity index (χ3v) is 2.92. The zero-order chi connectivity index (χ0) is 13.7. The SMILES string of the molecule is C[C@@H](O)c1cccc(NCC(=O)c2ccccc2)c1. The van der Waals surface area contributed by atoms with Crippen LogP contribution >= 0.6 is 0 Å². The van der Waals surface area contributed by atoms with Crippen LogP contribution in [0.5, 0.6) is 0 Å². The fourth-order valence-electron chi connectivity index (χ4n) is 1.82. The van der Waals surface area contributed by atoms with Gasteiger partial charge < -0.3 is 10.4 Å². The zero-order valence-corrected chi connectivity index (χ0v) is 10.8. The highest BCUT2D eigenvalue weighted by molar-refractivity contribution is 5.98. The lowest BCUT2D eigenvalue weighted by atomic mass is 10.1. The summed E-state index contributed by atoms with van der Waals surface area (Å²) in [5.74, 6) is 0.0445. The molecule has 0 aromatic heterocycles. The molecule has 3 heteroatoms. The maximum atomic E-state index is 11.9. The number of carbonyl (C=O) groups excluding carboxylic acids is 1. The number of rotatable bonds is 5. The van der Waals surface area contributed by atoms with Crippen LogP contribution in [0.25, 0.3) is 0 Å². The molecule has 2 rings (SSSR count). The van der Waals surface area contributed by atoms with E-state index in [4.69, 9.17) is 0 Å². The number of Topliss-reactive ketones (excluding diaryl/α,β-unsaturated/α-hetero) is 1. The molecular formula is C16H17NO2. The second kappa shape index (κ2) is 6.16. The van der Waals surface area contributed by atoms with E-state index < -0.39 is 6.10 Å². The second-order valence-electron chi connectivity index (χ2n) is 4.44. The minimum atomic E-state index is -0.508. The maximum absolute atomic E-state index is 11.9. The summed E-state index contributed by atoms with van der Waals surface area (Å²) in [4.78, 5) is 11.9. The van der Waals surface area contributed by atoms with E-state index in [-0.39, 0.29) is 12.3 Å². The van der Waals surface area contributed by atoms with E-state index in [1.54, 1.807) is 19.1 Å². The summed E-state index contributed by atoms with van der Waals surface area (Å²) < 4.78 is 0. The van der Waals surface area contributed by atoms with Gasteiger partial charge in [-0.2, -0.15) is 0 Å². The molecule has 0 heterocycles. The molecule has 0 amide bonds. The predicted molar refractivity (Wildman–Crippen MR) is 76.3 cm³/mol. The summed E-state index contributed by atoms with van der Waals surface area (Å²) >= 11 is 0. The topological polar surface area (TPSA) is 49.3 Å². The van der Waals surface area contributed by atoms with Crippen LogP contribution in [0.4, 0.5) is 5.69 Å². The molecule has 2 aromatic carbocycles. The summed E-state index contributed by atoms with van der Waals surface area (Å²) in [5.41, 5.74) is 2.36. The number of aliphatic hydroxyl groups excluding tert-OH is 1. The smallest absolute Gasteiger partial charge is 0.181 e. The molecule has 98 valence electrons. The molecule has 19 heavy (non-hydrogen) atoms. The summed E-state index contributed by atoms with van der Waals surface area (Å²) in [6, 6.07) is 16.6. The van der Waals surface area contributed by atoms with Crippen LogP contribution in [0.2, 0.25) is 0 Å². The molecule has 0 aliphatic heterocycles. The average Bonchev–Trinajstić information content (AvgIpc) is 2.46. The van der Waals surface area contributed by atoms with Gasteiger partial charge >= 0.3 is 0 Å². The van der Waals surface area contributed by atoms with Gasteiger partial charge in [-0.3, -0.25) is 4.79 Å². The first-order chi connectivity index (χ1) is 9.16. The molecular weight excluding hydrogens is 238 g/mol. The Hall–Kier alpha value is -2.13. The van der Waals surface area contributed by atoms with Gasteiger partial charge in [-0.15, -0.1) is 0 Å². The first-order valence-corrected chi connectivity index (χ1v) is 6.27.